The minimum absolute atomic E-state index is 0.166. The van der Waals surface area contributed by atoms with Crippen LogP contribution in [-0.4, -0.2) is 36.3 Å². The highest BCUT2D eigenvalue weighted by molar-refractivity contribution is 5.83. The molecule has 6 nitrogen and oxygen atoms in total. The number of ether oxygens (including phenoxy) is 2. The smallest absolute Gasteiger partial charge is 0.332 e. The van der Waals surface area contributed by atoms with Gasteiger partial charge >= 0.3 is 5.97 Å². The Morgan fingerprint density at radius 1 is 1.22 bits per heavy atom. The summed E-state index contributed by atoms with van der Waals surface area (Å²) in [5.74, 6) is -0.339. The molecular formula is C17H23NO5. The molecule has 1 aromatic carbocycles. The van der Waals surface area contributed by atoms with Crippen LogP contribution in [0.4, 0.5) is 0 Å². The second kappa shape index (κ2) is 7.46. The van der Waals surface area contributed by atoms with Crippen LogP contribution in [0.25, 0.3) is 0 Å². The van der Waals surface area contributed by atoms with Crippen molar-refractivity contribution in [1.82, 2.24) is 5.32 Å². The molecule has 0 bridgehead atoms. The van der Waals surface area contributed by atoms with Gasteiger partial charge in [0.2, 0.25) is 5.91 Å². The fourth-order valence-corrected chi connectivity index (χ4v) is 2.70. The third-order valence-corrected chi connectivity index (χ3v) is 4.03. The van der Waals surface area contributed by atoms with E-state index in [4.69, 9.17) is 14.6 Å². The predicted octanol–water partition coefficient (Wildman–Crippen LogP) is 2.14. The molecule has 1 saturated heterocycles. The first kappa shape index (κ1) is 17.3. The number of aliphatic carboxylic acids is 1. The van der Waals surface area contributed by atoms with Crippen molar-refractivity contribution in [3.8, 4) is 5.75 Å². The SMILES string of the molecule is COc1ccc(C(NC(=O)[C@@H]2CC[C@H](C(=O)O)O2)C(C)C)cc1. The van der Waals surface area contributed by atoms with Gasteiger partial charge in [0.1, 0.15) is 11.9 Å². The summed E-state index contributed by atoms with van der Waals surface area (Å²) in [5.41, 5.74) is 0.974. The van der Waals surface area contributed by atoms with Crippen molar-refractivity contribution >= 4 is 11.9 Å². The highest BCUT2D eigenvalue weighted by atomic mass is 16.5. The van der Waals surface area contributed by atoms with Crippen molar-refractivity contribution in [3.05, 3.63) is 29.8 Å². The number of methoxy groups -OCH3 is 1. The van der Waals surface area contributed by atoms with E-state index < -0.39 is 18.2 Å². The lowest BCUT2D eigenvalue weighted by Gasteiger charge is -2.24. The third kappa shape index (κ3) is 4.22. The molecule has 1 fully saturated rings. The van der Waals surface area contributed by atoms with E-state index in [1.165, 1.54) is 0 Å². The van der Waals surface area contributed by atoms with Crippen LogP contribution in [0, 0.1) is 5.92 Å². The summed E-state index contributed by atoms with van der Waals surface area (Å²) in [6.07, 6.45) is -0.793. The number of carboxylic acids is 1. The minimum atomic E-state index is -1.02. The zero-order chi connectivity index (χ0) is 17.0. The first-order valence-electron chi connectivity index (χ1n) is 7.75. The summed E-state index contributed by atoms with van der Waals surface area (Å²) in [6.45, 7) is 4.04. The Kier molecular flexibility index (Phi) is 5.60. The summed E-state index contributed by atoms with van der Waals surface area (Å²) >= 11 is 0. The maximum absolute atomic E-state index is 12.4. The average Bonchev–Trinajstić information content (AvgIpc) is 3.02. The number of carbonyl (C=O) groups is 2. The number of nitrogens with one attached hydrogen (secondary N) is 1. The van der Waals surface area contributed by atoms with Gasteiger partial charge in [-0.3, -0.25) is 4.79 Å². The first-order valence-corrected chi connectivity index (χ1v) is 7.75. The van der Waals surface area contributed by atoms with Crippen LogP contribution >= 0.6 is 0 Å². The van der Waals surface area contributed by atoms with Gasteiger partial charge < -0.3 is 19.9 Å². The van der Waals surface area contributed by atoms with E-state index in [9.17, 15) is 9.59 Å². The van der Waals surface area contributed by atoms with E-state index >= 15 is 0 Å². The van der Waals surface area contributed by atoms with Crippen molar-refractivity contribution in [2.45, 2.75) is 44.9 Å². The molecule has 3 atom stereocenters. The number of hydrogen-bond acceptors (Lipinski definition) is 4. The minimum Gasteiger partial charge on any atom is -0.497 e. The molecule has 1 amide bonds. The maximum atomic E-state index is 12.4. The fraction of sp³-hybridized carbons (Fsp3) is 0.529. The molecule has 0 saturated carbocycles. The number of amides is 1. The lowest BCUT2D eigenvalue weighted by Crippen LogP contribution is -2.39. The van der Waals surface area contributed by atoms with Crippen molar-refractivity contribution in [1.29, 1.82) is 0 Å². The van der Waals surface area contributed by atoms with Crippen LogP contribution in [0.15, 0.2) is 24.3 Å². The Morgan fingerprint density at radius 3 is 2.30 bits per heavy atom. The lowest BCUT2D eigenvalue weighted by atomic mass is 9.95. The second-order valence-electron chi connectivity index (χ2n) is 6.03. The molecule has 0 aliphatic carbocycles. The number of benzene rings is 1. The van der Waals surface area contributed by atoms with Crippen LogP contribution < -0.4 is 10.1 Å². The van der Waals surface area contributed by atoms with Crippen LogP contribution in [0.3, 0.4) is 0 Å². The summed E-state index contributed by atoms with van der Waals surface area (Å²) in [5, 5.41) is 11.9. The zero-order valence-corrected chi connectivity index (χ0v) is 13.6. The van der Waals surface area contributed by atoms with E-state index in [0.717, 1.165) is 11.3 Å². The Balaban J connectivity index is 2.04. The molecule has 1 aliphatic rings. The Labute approximate surface area is 135 Å². The van der Waals surface area contributed by atoms with Gasteiger partial charge in [0.25, 0.3) is 0 Å². The molecule has 2 rings (SSSR count). The summed E-state index contributed by atoms with van der Waals surface area (Å²) in [6, 6.07) is 7.37. The average molecular weight is 321 g/mol. The second-order valence-corrected chi connectivity index (χ2v) is 6.03. The molecule has 1 aromatic rings. The molecule has 0 radical (unpaired) electrons. The molecule has 2 N–H and O–H groups in total. The van der Waals surface area contributed by atoms with Crippen LogP contribution in [0.5, 0.6) is 5.75 Å². The van der Waals surface area contributed by atoms with Gasteiger partial charge in [0.15, 0.2) is 6.10 Å². The number of rotatable bonds is 6. The molecule has 0 spiro atoms. The molecule has 1 heterocycles. The van der Waals surface area contributed by atoms with Gasteiger partial charge in [-0.05, 0) is 36.5 Å². The molecular weight excluding hydrogens is 298 g/mol. The van der Waals surface area contributed by atoms with E-state index in [-0.39, 0.29) is 17.9 Å². The quantitative estimate of drug-likeness (QED) is 0.838. The first-order chi connectivity index (χ1) is 10.9. The molecule has 1 aliphatic heterocycles. The fourth-order valence-electron chi connectivity index (χ4n) is 2.70. The van der Waals surface area contributed by atoms with Crippen molar-refractivity contribution in [3.63, 3.8) is 0 Å². The number of carboxylic acid groups (broad SMARTS) is 1. The highest BCUT2D eigenvalue weighted by Crippen LogP contribution is 2.26. The topological polar surface area (TPSA) is 84.9 Å². The molecule has 23 heavy (non-hydrogen) atoms. The monoisotopic (exact) mass is 321 g/mol. The van der Waals surface area contributed by atoms with Crippen molar-refractivity contribution in [2.24, 2.45) is 5.92 Å². The zero-order valence-electron chi connectivity index (χ0n) is 13.6. The van der Waals surface area contributed by atoms with Crippen molar-refractivity contribution < 1.29 is 24.2 Å². The van der Waals surface area contributed by atoms with Gasteiger partial charge in [-0.1, -0.05) is 26.0 Å². The van der Waals surface area contributed by atoms with E-state index in [2.05, 4.69) is 5.32 Å². The van der Waals surface area contributed by atoms with Gasteiger partial charge in [0, 0.05) is 0 Å². The van der Waals surface area contributed by atoms with Crippen LogP contribution in [0.2, 0.25) is 0 Å². The van der Waals surface area contributed by atoms with Crippen LogP contribution in [0.1, 0.15) is 38.3 Å². The summed E-state index contributed by atoms with van der Waals surface area (Å²) < 4.78 is 10.4. The predicted molar refractivity (Wildman–Crippen MR) is 84.2 cm³/mol. The molecule has 6 heteroatoms. The van der Waals surface area contributed by atoms with Gasteiger partial charge in [-0.25, -0.2) is 4.79 Å². The van der Waals surface area contributed by atoms with Crippen molar-refractivity contribution in [2.75, 3.05) is 7.11 Å². The normalized spacial score (nSPS) is 21.9. The number of carbonyl (C=O) groups excluding carboxylic acids is 1. The van der Waals surface area contributed by atoms with E-state index in [1.54, 1.807) is 7.11 Å². The molecule has 1 unspecified atom stereocenters. The van der Waals surface area contributed by atoms with Gasteiger partial charge in [0.05, 0.1) is 13.2 Å². The van der Waals surface area contributed by atoms with Crippen LogP contribution in [-0.2, 0) is 14.3 Å². The van der Waals surface area contributed by atoms with Gasteiger partial charge in [-0.15, -0.1) is 0 Å². The largest absolute Gasteiger partial charge is 0.497 e. The Hall–Kier alpha value is -2.08. The third-order valence-electron chi connectivity index (χ3n) is 4.03. The van der Waals surface area contributed by atoms with E-state index in [1.807, 2.05) is 38.1 Å². The molecule has 126 valence electrons. The summed E-state index contributed by atoms with van der Waals surface area (Å²) in [7, 11) is 1.60. The standard InChI is InChI=1S/C17H23NO5/c1-10(2)15(11-4-6-12(22-3)7-5-11)18-16(19)13-8-9-14(23-13)17(20)21/h4-7,10,13-15H,8-9H2,1-3H3,(H,18,19)(H,20,21)/t13-,14+,15?/m0/s1. The maximum Gasteiger partial charge on any atom is 0.332 e. The lowest BCUT2D eigenvalue weighted by molar-refractivity contribution is -0.152. The Bertz CT molecular complexity index is 555. The van der Waals surface area contributed by atoms with E-state index in [0.29, 0.717) is 12.8 Å². The highest BCUT2D eigenvalue weighted by Gasteiger charge is 2.35. The summed E-state index contributed by atoms with van der Waals surface area (Å²) in [4.78, 5) is 23.3. The number of hydrogen-bond donors (Lipinski definition) is 2. The molecule has 0 aromatic heterocycles. The van der Waals surface area contributed by atoms with Gasteiger partial charge in [-0.2, -0.15) is 0 Å². The Morgan fingerprint density at radius 2 is 1.83 bits per heavy atom.